The third kappa shape index (κ3) is 8.84. The SMILES string of the molecule is C=C/C=C(\C=C)CN(O)C(C)c1c[nH]c(/C=C(/Br)CC)c1C.CC.CC. The zero-order valence-electron chi connectivity index (χ0n) is 17.6. The Morgan fingerprint density at radius 3 is 2.35 bits per heavy atom. The summed E-state index contributed by atoms with van der Waals surface area (Å²) in [6.45, 7) is 22.0. The Labute approximate surface area is 169 Å². The molecule has 26 heavy (non-hydrogen) atoms. The smallest absolute Gasteiger partial charge is 0.0592 e. The van der Waals surface area contributed by atoms with Gasteiger partial charge in [0.05, 0.1) is 6.04 Å². The molecule has 1 aromatic rings. The lowest BCUT2D eigenvalue weighted by Gasteiger charge is -2.23. The van der Waals surface area contributed by atoms with Crippen LogP contribution in [0.15, 0.2) is 47.6 Å². The first-order valence-corrected chi connectivity index (χ1v) is 10.2. The molecule has 148 valence electrons. The van der Waals surface area contributed by atoms with E-state index in [1.54, 1.807) is 12.2 Å². The van der Waals surface area contributed by atoms with Crippen molar-refractivity contribution in [1.29, 1.82) is 0 Å². The molecule has 0 spiro atoms. The van der Waals surface area contributed by atoms with Crippen molar-refractivity contribution < 1.29 is 5.21 Å². The van der Waals surface area contributed by atoms with Gasteiger partial charge < -0.3 is 10.2 Å². The second-order valence-electron chi connectivity index (χ2n) is 5.18. The number of H-pyrrole nitrogens is 1. The molecular formula is C22H37BrN2O. The molecule has 0 amide bonds. The molecule has 4 heteroatoms. The fourth-order valence-corrected chi connectivity index (χ4v) is 2.42. The summed E-state index contributed by atoms with van der Waals surface area (Å²) < 4.78 is 1.14. The molecule has 2 N–H and O–H groups in total. The molecule has 3 nitrogen and oxygen atoms in total. The van der Waals surface area contributed by atoms with Gasteiger partial charge in [-0.2, -0.15) is 5.06 Å². The molecule has 0 aliphatic rings. The Morgan fingerprint density at radius 1 is 1.31 bits per heavy atom. The van der Waals surface area contributed by atoms with Gasteiger partial charge in [-0.1, -0.05) is 81.9 Å². The fourth-order valence-electron chi connectivity index (χ4n) is 2.19. The molecule has 0 bridgehead atoms. The first kappa shape index (κ1) is 26.9. The lowest BCUT2D eigenvalue weighted by Crippen LogP contribution is -2.25. The quantitative estimate of drug-likeness (QED) is 0.333. The van der Waals surface area contributed by atoms with Gasteiger partial charge in [-0.15, -0.1) is 0 Å². The van der Waals surface area contributed by atoms with Crippen LogP contribution in [-0.2, 0) is 0 Å². The Kier molecular flexibility index (Phi) is 16.4. The lowest BCUT2D eigenvalue weighted by atomic mass is 10.1. The summed E-state index contributed by atoms with van der Waals surface area (Å²) in [5.41, 5.74) is 4.21. The number of nitrogens with one attached hydrogen (secondary N) is 1. The van der Waals surface area contributed by atoms with E-state index in [2.05, 4.69) is 54.0 Å². The number of allylic oxidation sites excluding steroid dienone is 3. The van der Waals surface area contributed by atoms with E-state index in [4.69, 9.17) is 0 Å². The number of hydroxylamine groups is 2. The van der Waals surface area contributed by atoms with Crippen LogP contribution in [0.25, 0.3) is 6.08 Å². The maximum absolute atomic E-state index is 10.3. The third-order valence-electron chi connectivity index (χ3n) is 3.69. The molecule has 0 aliphatic heterocycles. The van der Waals surface area contributed by atoms with Crippen LogP contribution in [0, 0.1) is 6.92 Å². The van der Waals surface area contributed by atoms with Crippen LogP contribution in [0.5, 0.6) is 0 Å². The molecule has 0 saturated heterocycles. The minimum atomic E-state index is -0.119. The zero-order valence-corrected chi connectivity index (χ0v) is 19.2. The van der Waals surface area contributed by atoms with Crippen LogP contribution in [0.3, 0.4) is 0 Å². The predicted octanol–water partition coefficient (Wildman–Crippen LogP) is 7.57. The van der Waals surface area contributed by atoms with Crippen molar-refractivity contribution in [3.63, 3.8) is 0 Å². The molecule has 0 aromatic carbocycles. The predicted molar refractivity (Wildman–Crippen MR) is 121 cm³/mol. The number of halogens is 1. The Bertz CT molecular complexity index is 585. The van der Waals surface area contributed by atoms with Gasteiger partial charge in [-0.05, 0) is 47.5 Å². The van der Waals surface area contributed by atoms with Crippen LogP contribution < -0.4 is 0 Å². The minimum Gasteiger partial charge on any atom is -0.361 e. The van der Waals surface area contributed by atoms with E-state index >= 15 is 0 Å². The van der Waals surface area contributed by atoms with Gasteiger partial charge in [-0.25, -0.2) is 0 Å². The summed E-state index contributed by atoms with van der Waals surface area (Å²) in [5, 5.41) is 11.6. The third-order valence-corrected chi connectivity index (χ3v) is 4.48. The van der Waals surface area contributed by atoms with Crippen molar-refractivity contribution in [3.05, 3.63) is 64.5 Å². The van der Waals surface area contributed by atoms with Crippen LogP contribution >= 0.6 is 15.9 Å². The highest BCUT2D eigenvalue weighted by molar-refractivity contribution is 9.11. The summed E-state index contributed by atoms with van der Waals surface area (Å²) in [5.74, 6) is 0. The first-order chi connectivity index (χ1) is 12.4. The molecule has 0 saturated carbocycles. The van der Waals surface area contributed by atoms with Gasteiger partial charge in [0.2, 0.25) is 0 Å². The number of rotatable bonds is 8. The summed E-state index contributed by atoms with van der Waals surface area (Å²) >= 11 is 3.54. The summed E-state index contributed by atoms with van der Waals surface area (Å²) in [6, 6.07) is -0.119. The Hall–Kier alpha value is -1.36. The van der Waals surface area contributed by atoms with Gasteiger partial charge in [0.1, 0.15) is 0 Å². The van der Waals surface area contributed by atoms with E-state index < -0.39 is 0 Å². The van der Waals surface area contributed by atoms with Gasteiger partial charge in [0.15, 0.2) is 0 Å². The molecule has 0 fully saturated rings. The highest BCUT2D eigenvalue weighted by atomic mass is 79.9. The van der Waals surface area contributed by atoms with Crippen molar-refractivity contribution in [3.8, 4) is 0 Å². The van der Waals surface area contributed by atoms with Crippen molar-refractivity contribution in [2.45, 2.75) is 60.9 Å². The topological polar surface area (TPSA) is 39.3 Å². The number of hydrogen-bond acceptors (Lipinski definition) is 2. The van der Waals surface area contributed by atoms with E-state index in [-0.39, 0.29) is 6.04 Å². The van der Waals surface area contributed by atoms with Crippen LogP contribution in [0.4, 0.5) is 0 Å². The molecular weight excluding hydrogens is 388 g/mol. The second-order valence-corrected chi connectivity index (χ2v) is 6.20. The fraction of sp³-hybridized carbons (Fsp3) is 0.455. The number of aromatic nitrogens is 1. The second kappa shape index (κ2) is 15.9. The summed E-state index contributed by atoms with van der Waals surface area (Å²) in [6.07, 6.45) is 10.3. The van der Waals surface area contributed by atoms with E-state index in [1.165, 1.54) is 5.06 Å². The summed E-state index contributed by atoms with van der Waals surface area (Å²) in [7, 11) is 0. The van der Waals surface area contributed by atoms with Gasteiger partial charge >= 0.3 is 0 Å². The van der Waals surface area contributed by atoms with Crippen LogP contribution in [0.2, 0.25) is 0 Å². The van der Waals surface area contributed by atoms with Gasteiger partial charge in [-0.3, -0.25) is 0 Å². The molecule has 1 atom stereocenters. The molecule has 0 aliphatic carbocycles. The number of hydrogen-bond donors (Lipinski definition) is 2. The normalized spacial score (nSPS) is 12.5. The largest absolute Gasteiger partial charge is 0.361 e. The number of nitrogens with zero attached hydrogens (tertiary/aromatic N) is 1. The maximum atomic E-state index is 10.3. The molecule has 1 unspecified atom stereocenters. The molecule has 0 radical (unpaired) electrons. The average molecular weight is 425 g/mol. The van der Waals surface area contributed by atoms with E-state index in [0.29, 0.717) is 6.54 Å². The first-order valence-electron chi connectivity index (χ1n) is 9.38. The van der Waals surface area contributed by atoms with E-state index in [1.807, 2.05) is 46.9 Å². The summed E-state index contributed by atoms with van der Waals surface area (Å²) in [4.78, 5) is 3.27. The monoisotopic (exact) mass is 424 g/mol. The Morgan fingerprint density at radius 2 is 1.88 bits per heavy atom. The highest BCUT2D eigenvalue weighted by Gasteiger charge is 2.18. The minimum absolute atomic E-state index is 0.119. The molecule has 1 rings (SSSR count). The van der Waals surface area contributed by atoms with Crippen LogP contribution in [-0.4, -0.2) is 21.8 Å². The van der Waals surface area contributed by atoms with E-state index in [9.17, 15) is 5.21 Å². The Balaban J connectivity index is 0. The number of aromatic amines is 1. The highest BCUT2D eigenvalue weighted by Crippen LogP contribution is 2.27. The van der Waals surface area contributed by atoms with Crippen molar-refractivity contribution >= 4 is 22.0 Å². The van der Waals surface area contributed by atoms with Crippen molar-refractivity contribution in [2.24, 2.45) is 0 Å². The average Bonchev–Trinajstić information content (AvgIpc) is 3.03. The lowest BCUT2D eigenvalue weighted by molar-refractivity contribution is -0.115. The standard InChI is InChI=1S/C18H25BrN2O.2C2H6/c1-6-9-15(7-2)12-21(22)14(5)17-11-20-18(13(17)4)10-16(19)8-3;2*1-2/h6-7,9-11,14,20,22H,1-2,8,12H2,3-5H3;2*1-2H3/b15-9+,16-10+;;. The van der Waals surface area contributed by atoms with E-state index in [0.717, 1.165) is 33.3 Å². The van der Waals surface area contributed by atoms with Crippen LogP contribution in [0.1, 0.15) is 70.8 Å². The van der Waals surface area contributed by atoms with Gasteiger partial charge in [0.25, 0.3) is 0 Å². The molecule has 1 heterocycles. The van der Waals surface area contributed by atoms with Crippen molar-refractivity contribution in [1.82, 2.24) is 10.0 Å². The maximum Gasteiger partial charge on any atom is 0.0592 e. The molecule has 1 aromatic heterocycles. The van der Waals surface area contributed by atoms with Gasteiger partial charge in [0, 0.05) is 18.4 Å². The van der Waals surface area contributed by atoms with Crippen molar-refractivity contribution in [2.75, 3.05) is 6.54 Å². The zero-order chi connectivity index (χ0) is 20.7.